The van der Waals surface area contributed by atoms with E-state index >= 15 is 0 Å². The van der Waals surface area contributed by atoms with Crippen molar-refractivity contribution < 1.29 is 19.1 Å². The number of hydrogen-bond donors (Lipinski definition) is 2. The normalized spacial score (nSPS) is 13.7. The summed E-state index contributed by atoms with van der Waals surface area (Å²) >= 11 is 0. The molecule has 2 amide bonds. The number of amides is 2. The summed E-state index contributed by atoms with van der Waals surface area (Å²) in [5.74, 6) is 0.185. The van der Waals surface area contributed by atoms with Gasteiger partial charge in [-0.1, -0.05) is 41.0 Å². The van der Waals surface area contributed by atoms with Gasteiger partial charge in [-0.15, -0.1) is 0 Å². The molecule has 0 saturated carbocycles. The van der Waals surface area contributed by atoms with Crippen LogP contribution in [-0.2, 0) is 19.1 Å². The standard InChI is InChI=1S/C16H32N4O4.C3H8.C2H6/c1-3-16(22)20-8-6-19(7-9-20)14-15(21)18-5-11-24-13-12-23-10-4-17-2;1-3-2;1-2/h17H,3-14H2,1-2H3,(H,18,21);3H2,1-2H3;1-2H3. The molecule has 0 aromatic carbocycles. The smallest absolute Gasteiger partial charge is 0.234 e. The number of likely N-dealkylation sites (N-methyl/N-ethyl adjacent to an activating group) is 1. The molecule has 1 heterocycles. The van der Waals surface area contributed by atoms with E-state index in [0.717, 1.165) is 19.6 Å². The Bertz CT molecular complexity index is 376. The molecule has 8 nitrogen and oxygen atoms in total. The van der Waals surface area contributed by atoms with Gasteiger partial charge in [-0.25, -0.2) is 0 Å². The zero-order chi connectivity index (χ0) is 22.3. The highest BCUT2D eigenvalue weighted by Crippen LogP contribution is 2.03. The van der Waals surface area contributed by atoms with Crippen molar-refractivity contribution in [3.8, 4) is 0 Å². The molecule has 0 atom stereocenters. The molecular weight excluding hydrogens is 372 g/mol. The van der Waals surface area contributed by atoms with Gasteiger partial charge >= 0.3 is 0 Å². The van der Waals surface area contributed by atoms with Crippen molar-refractivity contribution in [1.29, 1.82) is 0 Å². The molecule has 1 saturated heterocycles. The van der Waals surface area contributed by atoms with Gasteiger partial charge in [0.2, 0.25) is 11.8 Å². The Morgan fingerprint density at radius 1 is 0.862 bits per heavy atom. The van der Waals surface area contributed by atoms with Crippen LogP contribution in [0.15, 0.2) is 0 Å². The molecule has 0 bridgehead atoms. The topological polar surface area (TPSA) is 83.1 Å². The molecule has 2 N–H and O–H groups in total. The molecule has 0 aliphatic carbocycles. The van der Waals surface area contributed by atoms with Crippen molar-refractivity contribution in [3.05, 3.63) is 0 Å². The van der Waals surface area contributed by atoms with E-state index in [-0.39, 0.29) is 11.8 Å². The average Bonchev–Trinajstić information content (AvgIpc) is 2.74. The summed E-state index contributed by atoms with van der Waals surface area (Å²) in [6.07, 6.45) is 1.79. The Morgan fingerprint density at radius 3 is 1.86 bits per heavy atom. The van der Waals surface area contributed by atoms with E-state index in [9.17, 15) is 9.59 Å². The molecule has 0 unspecified atom stereocenters. The monoisotopic (exact) mass is 418 g/mol. The highest BCUT2D eigenvalue weighted by molar-refractivity contribution is 5.78. The number of carbonyl (C=O) groups is 2. The first-order valence-electron chi connectivity index (χ1n) is 11.2. The SMILES string of the molecule is CC.CCC.CCC(=O)N1CCN(CC(=O)NCCOCCOCCNC)CC1. The van der Waals surface area contributed by atoms with E-state index < -0.39 is 0 Å². The summed E-state index contributed by atoms with van der Waals surface area (Å²) in [6, 6.07) is 0. The second kappa shape index (κ2) is 23.1. The van der Waals surface area contributed by atoms with Crippen LogP contribution < -0.4 is 10.6 Å². The van der Waals surface area contributed by atoms with Gasteiger partial charge in [-0.05, 0) is 7.05 Å². The second-order valence-corrected chi connectivity index (χ2v) is 6.40. The van der Waals surface area contributed by atoms with Crippen LogP contribution in [0.3, 0.4) is 0 Å². The minimum Gasteiger partial charge on any atom is -0.378 e. The van der Waals surface area contributed by atoms with Crippen LogP contribution in [0.1, 0.15) is 47.5 Å². The molecule has 1 rings (SSSR count). The maximum Gasteiger partial charge on any atom is 0.234 e. The molecule has 1 aliphatic rings. The Balaban J connectivity index is 0. The molecule has 0 radical (unpaired) electrons. The van der Waals surface area contributed by atoms with E-state index in [2.05, 4.69) is 29.4 Å². The van der Waals surface area contributed by atoms with E-state index in [1.165, 1.54) is 6.42 Å². The third-order valence-electron chi connectivity index (χ3n) is 3.83. The maximum absolute atomic E-state index is 11.9. The van der Waals surface area contributed by atoms with Crippen LogP contribution in [0.4, 0.5) is 0 Å². The van der Waals surface area contributed by atoms with Crippen LogP contribution in [0.25, 0.3) is 0 Å². The van der Waals surface area contributed by atoms with Crippen molar-refractivity contribution in [3.63, 3.8) is 0 Å². The van der Waals surface area contributed by atoms with Gasteiger partial charge in [0.1, 0.15) is 0 Å². The molecule has 1 aliphatic heterocycles. The van der Waals surface area contributed by atoms with Gasteiger partial charge in [0, 0.05) is 45.7 Å². The number of nitrogens with one attached hydrogen (secondary N) is 2. The first-order chi connectivity index (χ1) is 14.1. The highest BCUT2D eigenvalue weighted by atomic mass is 16.5. The molecular formula is C21H46N4O4. The van der Waals surface area contributed by atoms with Gasteiger partial charge < -0.3 is 25.0 Å². The van der Waals surface area contributed by atoms with E-state index in [4.69, 9.17) is 9.47 Å². The fraction of sp³-hybridized carbons (Fsp3) is 0.905. The molecule has 1 fully saturated rings. The molecule has 0 spiro atoms. The number of nitrogens with zero attached hydrogens (tertiary/aromatic N) is 2. The zero-order valence-electron chi connectivity index (χ0n) is 19.7. The van der Waals surface area contributed by atoms with E-state index in [0.29, 0.717) is 59.0 Å². The first kappa shape index (κ1) is 30.0. The number of rotatable bonds is 12. The molecule has 8 heteroatoms. The van der Waals surface area contributed by atoms with E-state index in [1.807, 2.05) is 32.7 Å². The van der Waals surface area contributed by atoms with Gasteiger partial charge in [-0.3, -0.25) is 14.5 Å². The highest BCUT2D eigenvalue weighted by Gasteiger charge is 2.21. The van der Waals surface area contributed by atoms with Gasteiger partial charge in [0.05, 0.1) is 33.0 Å². The maximum atomic E-state index is 11.9. The predicted molar refractivity (Wildman–Crippen MR) is 119 cm³/mol. The Morgan fingerprint density at radius 2 is 1.38 bits per heavy atom. The Labute approximate surface area is 178 Å². The Kier molecular flexibility index (Phi) is 23.8. The number of piperazine rings is 1. The Hall–Kier alpha value is -1.22. The predicted octanol–water partition coefficient (Wildman–Crippen LogP) is 1.35. The molecule has 0 aromatic rings. The summed E-state index contributed by atoms with van der Waals surface area (Å²) in [5, 5.41) is 5.85. The summed E-state index contributed by atoms with van der Waals surface area (Å²) in [4.78, 5) is 27.4. The first-order valence-corrected chi connectivity index (χ1v) is 11.2. The van der Waals surface area contributed by atoms with Gasteiger partial charge in [0.15, 0.2) is 0 Å². The minimum atomic E-state index is -0.000798. The quantitative estimate of drug-likeness (QED) is 0.466. The van der Waals surface area contributed by atoms with E-state index in [1.54, 1.807) is 0 Å². The van der Waals surface area contributed by atoms with Gasteiger partial charge in [0.25, 0.3) is 0 Å². The average molecular weight is 419 g/mol. The molecule has 0 aromatic heterocycles. The molecule has 174 valence electrons. The van der Waals surface area contributed by atoms with Crippen LogP contribution in [0, 0.1) is 0 Å². The zero-order valence-corrected chi connectivity index (χ0v) is 19.7. The van der Waals surface area contributed by atoms with Crippen LogP contribution in [0.2, 0.25) is 0 Å². The fourth-order valence-electron chi connectivity index (χ4n) is 2.40. The second-order valence-electron chi connectivity index (χ2n) is 6.40. The summed E-state index contributed by atoms with van der Waals surface area (Å²) in [5.41, 5.74) is 0. The lowest BCUT2D eigenvalue weighted by Gasteiger charge is -2.34. The van der Waals surface area contributed by atoms with Crippen molar-refractivity contribution >= 4 is 11.8 Å². The lowest BCUT2D eigenvalue weighted by atomic mass is 10.3. The number of hydrogen-bond acceptors (Lipinski definition) is 6. The van der Waals surface area contributed by atoms with Crippen LogP contribution in [0.5, 0.6) is 0 Å². The van der Waals surface area contributed by atoms with Crippen molar-refractivity contribution in [2.24, 2.45) is 0 Å². The van der Waals surface area contributed by atoms with Gasteiger partial charge in [-0.2, -0.15) is 0 Å². The van der Waals surface area contributed by atoms with Crippen LogP contribution in [-0.4, -0.2) is 101 Å². The summed E-state index contributed by atoms with van der Waals surface area (Å²) in [6.45, 7) is 17.0. The summed E-state index contributed by atoms with van der Waals surface area (Å²) in [7, 11) is 1.88. The van der Waals surface area contributed by atoms with Crippen molar-refractivity contribution in [2.75, 3.05) is 79.3 Å². The number of carbonyl (C=O) groups excluding carboxylic acids is 2. The third kappa shape index (κ3) is 18.5. The van der Waals surface area contributed by atoms with Crippen molar-refractivity contribution in [2.45, 2.75) is 47.5 Å². The lowest BCUT2D eigenvalue weighted by molar-refractivity contribution is -0.132. The number of ether oxygens (including phenoxy) is 2. The van der Waals surface area contributed by atoms with Crippen molar-refractivity contribution in [1.82, 2.24) is 20.4 Å². The summed E-state index contributed by atoms with van der Waals surface area (Å²) < 4.78 is 10.7. The largest absolute Gasteiger partial charge is 0.378 e. The van der Waals surface area contributed by atoms with Crippen LogP contribution >= 0.6 is 0 Å². The minimum absolute atomic E-state index is 0.000798. The third-order valence-corrected chi connectivity index (χ3v) is 3.83. The molecule has 29 heavy (non-hydrogen) atoms. The lowest BCUT2D eigenvalue weighted by Crippen LogP contribution is -2.51. The fourth-order valence-corrected chi connectivity index (χ4v) is 2.40.